The van der Waals surface area contributed by atoms with Crippen LogP contribution in [0.4, 0.5) is 0 Å². The lowest BCUT2D eigenvalue weighted by atomic mass is 10.1. The molecule has 0 unspecified atom stereocenters. The summed E-state index contributed by atoms with van der Waals surface area (Å²) in [7, 11) is 0. The molecule has 0 saturated heterocycles. The highest BCUT2D eigenvalue weighted by Gasteiger charge is 2.13. The van der Waals surface area contributed by atoms with Crippen molar-refractivity contribution < 1.29 is 0 Å². The summed E-state index contributed by atoms with van der Waals surface area (Å²) in [6, 6.07) is 0. The number of hydrogen-bond donors (Lipinski definition) is 0. The Hall–Kier alpha value is -1.11. The van der Waals surface area contributed by atoms with Gasteiger partial charge >= 0.3 is 0 Å². The first-order chi connectivity index (χ1) is 4.92. The summed E-state index contributed by atoms with van der Waals surface area (Å²) in [5.74, 6) is 0. The fourth-order valence-corrected chi connectivity index (χ4v) is 1.31. The predicted octanol–water partition coefficient (Wildman–Crippen LogP) is 2.23. The zero-order valence-corrected chi connectivity index (χ0v) is 5.96. The minimum atomic E-state index is 1.04. The van der Waals surface area contributed by atoms with Gasteiger partial charge in [-0.15, -0.1) is 0 Å². The molecule has 0 aromatic heterocycles. The van der Waals surface area contributed by atoms with Gasteiger partial charge < -0.3 is 0 Å². The third-order valence-corrected chi connectivity index (χ3v) is 1.85. The van der Waals surface area contributed by atoms with E-state index in [1.54, 1.807) is 0 Å². The average Bonchev–Trinajstić information content (AvgIpc) is 2.44. The summed E-state index contributed by atoms with van der Waals surface area (Å²) in [6.45, 7) is 2.13. The Morgan fingerprint density at radius 3 is 3.20 bits per heavy atom. The molecular weight excluding hydrogens is 122 g/mol. The second kappa shape index (κ2) is 1.94. The molecule has 2 aliphatic rings. The molecule has 1 aliphatic heterocycles. The van der Waals surface area contributed by atoms with Gasteiger partial charge in [0.1, 0.15) is 0 Å². The van der Waals surface area contributed by atoms with E-state index in [-0.39, 0.29) is 0 Å². The van der Waals surface area contributed by atoms with Crippen LogP contribution in [-0.4, -0.2) is 6.21 Å². The minimum Gasteiger partial charge on any atom is -0.260 e. The van der Waals surface area contributed by atoms with Gasteiger partial charge in [-0.25, -0.2) is 0 Å². The van der Waals surface area contributed by atoms with Crippen molar-refractivity contribution in [3.8, 4) is 0 Å². The third kappa shape index (κ3) is 0.604. The molecule has 50 valence electrons. The number of hydrogen-bond acceptors (Lipinski definition) is 1. The summed E-state index contributed by atoms with van der Waals surface area (Å²) in [5, 5.41) is 0. The van der Waals surface area contributed by atoms with Crippen molar-refractivity contribution >= 4 is 6.21 Å². The van der Waals surface area contributed by atoms with E-state index in [4.69, 9.17) is 0 Å². The maximum atomic E-state index is 4.27. The molecule has 0 atom stereocenters. The number of nitrogens with zero attached hydrogens (tertiary/aromatic N) is 1. The molecule has 0 N–H and O–H groups in total. The van der Waals surface area contributed by atoms with Crippen LogP contribution in [0.15, 0.2) is 40.1 Å². The van der Waals surface area contributed by atoms with Crippen molar-refractivity contribution in [2.45, 2.75) is 13.3 Å². The molecule has 0 aromatic rings. The van der Waals surface area contributed by atoms with Gasteiger partial charge in [-0.1, -0.05) is 25.2 Å². The Morgan fingerprint density at radius 1 is 1.50 bits per heavy atom. The summed E-state index contributed by atoms with van der Waals surface area (Å²) in [5.41, 5.74) is 3.82. The molecule has 1 nitrogen and oxygen atoms in total. The van der Waals surface area contributed by atoms with Crippen LogP contribution in [0.5, 0.6) is 0 Å². The van der Waals surface area contributed by atoms with E-state index in [1.807, 2.05) is 6.21 Å². The second-order valence-electron chi connectivity index (χ2n) is 2.45. The average molecular weight is 131 g/mol. The van der Waals surface area contributed by atoms with Crippen LogP contribution in [-0.2, 0) is 0 Å². The molecular formula is C9H9N. The molecule has 2 rings (SSSR count). The lowest BCUT2D eigenvalue weighted by Gasteiger charge is -1.93. The maximum absolute atomic E-state index is 4.27. The highest BCUT2D eigenvalue weighted by atomic mass is 14.8. The van der Waals surface area contributed by atoms with E-state index in [9.17, 15) is 0 Å². The highest BCUT2D eigenvalue weighted by molar-refractivity contribution is 5.92. The van der Waals surface area contributed by atoms with Crippen molar-refractivity contribution in [3.05, 3.63) is 35.1 Å². The van der Waals surface area contributed by atoms with Crippen LogP contribution in [0.1, 0.15) is 13.3 Å². The molecule has 10 heavy (non-hydrogen) atoms. The Balaban J connectivity index is 2.49. The quantitative estimate of drug-likeness (QED) is 0.517. The van der Waals surface area contributed by atoms with E-state index in [1.165, 1.54) is 16.8 Å². The number of rotatable bonds is 1. The molecule has 0 fully saturated rings. The Labute approximate surface area is 60.5 Å². The molecule has 1 heteroatoms. The van der Waals surface area contributed by atoms with E-state index < -0.39 is 0 Å². The summed E-state index contributed by atoms with van der Waals surface area (Å²) >= 11 is 0. The molecule has 1 heterocycles. The lowest BCUT2D eigenvalue weighted by molar-refractivity contribution is 1.07. The van der Waals surface area contributed by atoms with Crippen LogP contribution < -0.4 is 0 Å². The van der Waals surface area contributed by atoms with Gasteiger partial charge in [-0.05, 0) is 6.42 Å². The summed E-state index contributed by atoms with van der Waals surface area (Å²) in [4.78, 5) is 4.27. The van der Waals surface area contributed by atoms with Gasteiger partial charge in [0.25, 0.3) is 0 Å². The molecule has 0 spiro atoms. The number of fused-ring (bicyclic) bond motifs is 1. The first-order valence-electron chi connectivity index (χ1n) is 3.58. The summed E-state index contributed by atoms with van der Waals surface area (Å²) < 4.78 is 0. The van der Waals surface area contributed by atoms with Crippen LogP contribution in [0.3, 0.4) is 0 Å². The Morgan fingerprint density at radius 2 is 2.40 bits per heavy atom. The number of aliphatic imine (C=N–C) groups is 1. The van der Waals surface area contributed by atoms with Gasteiger partial charge in [-0.3, -0.25) is 4.99 Å². The van der Waals surface area contributed by atoms with Gasteiger partial charge in [-0.2, -0.15) is 0 Å². The van der Waals surface area contributed by atoms with Crippen LogP contribution in [0, 0.1) is 0 Å². The molecule has 0 saturated carbocycles. The zero-order valence-electron chi connectivity index (χ0n) is 5.96. The van der Waals surface area contributed by atoms with E-state index in [0.29, 0.717) is 0 Å². The molecule has 0 amide bonds. The van der Waals surface area contributed by atoms with Gasteiger partial charge in [0.15, 0.2) is 0 Å². The maximum Gasteiger partial charge on any atom is 0.0479 e. The molecule has 0 aromatic carbocycles. The van der Waals surface area contributed by atoms with E-state index >= 15 is 0 Å². The van der Waals surface area contributed by atoms with E-state index in [0.717, 1.165) is 6.42 Å². The third-order valence-electron chi connectivity index (χ3n) is 1.85. The van der Waals surface area contributed by atoms with Crippen molar-refractivity contribution in [1.29, 1.82) is 0 Å². The first kappa shape index (κ1) is 5.66. The molecule has 0 bridgehead atoms. The van der Waals surface area contributed by atoms with E-state index in [2.05, 4.69) is 30.1 Å². The van der Waals surface area contributed by atoms with Gasteiger partial charge in [0.05, 0.1) is 0 Å². The second-order valence-corrected chi connectivity index (χ2v) is 2.45. The smallest absolute Gasteiger partial charge is 0.0479 e. The van der Waals surface area contributed by atoms with Crippen molar-refractivity contribution in [1.82, 2.24) is 0 Å². The minimum absolute atomic E-state index is 1.04. The fourth-order valence-electron chi connectivity index (χ4n) is 1.31. The lowest BCUT2D eigenvalue weighted by Crippen LogP contribution is -1.78. The first-order valence-corrected chi connectivity index (χ1v) is 3.58. The largest absolute Gasteiger partial charge is 0.260 e. The Bertz CT molecular complexity index is 277. The van der Waals surface area contributed by atoms with Gasteiger partial charge in [0.2, 0.25) is 0 Å². The van der Waals surface area contributed by atoms with Crippen molar-refractivity contribution in [2.24, 2.45) is 4.99 Å². The molecule has 1 aliphatic carbocycles. The van der Waals surface area contributed by atoms with Crippen molar-refractivity contribution in [2.75, 3.05) is 0 Å². The van der Waals surface area contributed by atoms with Crippen molar-refractivity contribution in [3.63, 3.8) is 0 Å². The normalized spacial score (nSPS) is 20.3. The summed E-state index contributed by atoms with van der Waals surface area (Å²) in [6.07, 6.45) is 9.27. The van der Waals surface area contributed by atoms with Crippen LogP contribution >= 0.6 is 0 Å². The SMILES string of the molecule is CCC1=C2C=CC=C2C=N1. The van der Waals surface area contributed by atoms with Crippen LogP contribution in [0.2, 0.25) is 0 Å². The fraction of sp³-hybridized carbons (Fsp3) is 0.222. The van der Waals surface area contributed by atoms with Gasteiger partial charge in [0, 0.05) is 23.1 Å². The van der Waals surface area contributed by atoms with Crippen LogP contribution in [0.25, 0.3) is 0 Å². The zero-order chi connectivity index (χ0) is 6.97. The Kier molecular flexibility index (Phi) is 1.10. The topological polar surface area (TPSA) is 12.4 Å². The highest BCUT2D eigenvalue weighted by Crippen LogP contribution is 2.27. The predicted molar refractivity (Wildman–Crippen MR) is 43.0 cm³/mol. The standard InChI is InChI=1S/C9H9N/c1-2-9-8-5-3-4-7(8)6-10-9/h3-6H,2H2,1H3. The monoisotopic (exact) mass is 131 g/mol. The number of allylic oxidation sites excluding steroid dienone is 6. The molecule has 0 radical (unpaired) electrons.